The number of sulfonamides is 1. The average Bonchev–Trinajstić information content (AvgIpc) is 2.77. The second-order valence-corrected chi connectivity index (χ2v) is 10.0. The number of halogens is 3. The minimum atomic E-state index is -4.45. The van der Waals surface area contributed by atoms with Crippen LogP contribution in [0.4, 0.5) is 19.0 Å². The largest absolute Gasteiger partial charge is 0.407 e. The van der Waals surface area contributed by atoms with E-state index in [2.05, 4.69) is 14.7 Å². The van der Waals surface area contributed by atoms with Crippen LogP contribution in [0.15, 0.2) is 46.6 Å². The third-order valence-electron chi connectivity index (χ3n) is 5.67. The lowest BCUT2D eigenvalue weighted by Crippen LogP contribution is -2.36. The minimum Gasteiger partial charge on any atom is -0.404 e. The summed E-state index contributed by atoms with van der Waals surface area (Å²) in [6.45, 7) is 0.463. The van der Waals surface area contributed by atoms with Gasteiger partial charge in [-0.15, -0.1) is 0 Å². The van der Waals surface area contributed by atoms with E-state index in [4.69, 9.17) is 11.5 Å². The van der Waals surface area contributed by atoms with Gasteiger partial charge in [-0.1, -0.05) is 25.3 Å². The van der Waals surface area contributed by atoms with E-state index < -0.39 is 22.7 Å². The molecular weight excluding hydrogens is 467 g/mol. The fourth-order valence-corrected chi connectivity index (χ4v) is 5.22. The van der Waals surface area contributed by atoms with E-state index in [1.807, 2.05) is 6.92 Å². The smallest absolute Gasteiger partial charge is 0.404 e. The molecule has 0 unspecified atom stereocenters. The van der Waals surface area contributed by atoms with Gasteiger partial charge in [0.15, 0.2) is 0 Å². The molecule has 0 radical (unpaired) electrons. The number of hydrogen-bond acceptors (Lipinski definition) is 6. The molecule has 3 rings (SSSR count). The molecule has 0 atom stereocenters. The predicted octanol–water partition coefficient (Wildman–Crippen LogP) is 4.18. The maximum Gasteiger partial charge on any atom is 0.407 e. The van der Waals surface area contributed by atoms with E-state index in [0.29, 0.717) is 16.7 Å². The standard InChI is InChI=1S/C23H28F3N5O2S/c1-15-7-8-19(34(32,33)31-18-5-3-2-4-6-18)10-20(15)16-9-21(22(28)30-13-16)17(11-27)12-29-14-23(24,25)26/h7-13,18,31H,2-6,14,27H2,1H3,(H2,28,30). The van der Waals surface area contributed by atoms with E-state index >= 15 is 0 Å². The van der Waals surface area contributed by atoms with Gasteiger partial charge in [0.25, 0.3) is 0 Å². The van der Waals surface area contributed by atoms with Crippen LogP contribution >= 0.6 is 0 Å². The molecule has 0 bridgehead atoms. The maximum atomic E-state index is 13.0. The SMILES string of the molecule is Cc1ccc(S(=O)(=O)NC2CCCCC2)cc1-c1cnc(N)c(C(C=NCC(F)(F)F)=CN)c1. The summed E-state index contributed by atoms with van der Waals surface area (Å²) in [5.41, 5.74) is 13.9. The molecule has 2 aromatic rings. The van der Waals surface area contributed by atoms with Gasteiger partial charge in [0, 0.05) is 41.4 Å². The van der Waals surface area contributed by atoms with Crippen molar-refractivity contribution < 1.29 is 21.6 Å². The first-order valence-electron chi connectivity index (χ1n) is 10.9. The summed E-state index contributed by atoms with van der Waals surface area (Å²) in [7, 11) is -3.73. The van der Waals surface area contributed by atoms with Gasteiger partial charge < -0.3 is 11.5 Å². The zero-order valence-electron chi connectivity index (χ0n) is 18.8. The van der Waals surface area contributed by atoms with Crippen molar-refractivity contribution in [3.05, 3.63) is 47.8 Å². The van der Waals surface area contributed by atoms with Gasteiger partial charge in [0.1, 0.15) is 12.4 Å². The highest BCUT2D eigenvalue weighted by Gasteiger charge is 2.26. The van der Waals surface area contributed by atoms with Crippen LogP contribution in [0, 0.1) is 6.92 Å². The number of aliphatic imine (C=N–C) groups is 1. The van der Waals surface area contributed by atoms with Gasteiger partial charge >= 0.3 is 6.18 Å². The Hall–Kier alpha value is -2.92. The molecule has 1 aliphatic rings. The molecular formula is C23H28F3N5O2S. The number of nitrogens with zero attached hydrogens (tertiary/aromatic N) is 2. The van der Waals surface area contributed by atoms with Crippen LogP contribution in [-0.4, -0.2) is 38.4 Å². The quantitative estimate of drug-likeness (QED) is 0.497. The molecule has 34 heavy (non-hydrogen) atoms. The van der Waals surface area contributed by atoms with E-state index in [0.717, 1.165) is 50.1 Å². The first-order valence-corrected chi connectivity index (χ1v) is 12.4. The molecule has 5 N–H and O–H groups in total. The molecule has 0 amide bonds. The first-order chi connectivity index (χ1) is 16.0. The van der Waals surface area contributed by atoms with E-state index in [9.17, 15) is 21.6 Å². The zero-order valence-corrected chi connectivity index (χ0v) is 19.6. The molecule has 1 aromatic heterocycles. The highest BCUT2D eigenvalue weighted by atomic mass is 32.2. The van der Waals surface area contributed by atoms with Gasteiger partial charge in [0.05, 0.1) is 4.90 Å². The Bertz CT molecular complexity index is 1190. The first kappa shape index (κ1) is 25.7. The number of nitrogens with one attached hydrogen (secondary N) is 1. The van der Waals surface area contributed by atoms with E-state index in [-0.39, 0.29) is 22.3 Å². The Morgan fingerprint density at radius 3 is 2.59 bits per heavy atom. The number of nitrogens with two attached hydrogens (primary N) is 2. The number of aryl methyl sites for hydroxylation is 1. The van der Waals surface area contributed by atoms with Gasteiger partial charge in [-0.25, -0.2) is 18.1 Å². The highest BCUT2D eigenvalue weighted by molar-refractivity contribution is 7.89. The number of hydrogen-bond donors (Lipinski definition) is 3. The Morgan fingerprint density at radius 2 is 1.94 bits per heavy atom. The third-order valence-corrected chi connectivity index (χ3v) is 7.19. The van der Waals surface area contributed by atoms with E-state index in [1.165, 1.54) is 6.20 Å². The predicted molar refractivity (Wildman–Crippen MR) is 128 cm³/mol. The number of alkyl halides is 3. The topological polar surface area (TPSA) is 123 Å². The fourth-order valence-electron chi connectivity index (χ4n) is 3.89. The van der Waals surface area contributed by atoms with Gasteiger partial charge in [-0.2, -0.15) is 13.2 Å². The lowest BCUT2D eigenvalue weighted by Gasteiger charge is -2.23. The summed E-state index contributed by atoms with van der Waals surface area (Å²) < 4.78 is 66.1. The monoisotopic (exact) mass is 495 g/mol. The number of anilines is 1. The molecule has 1 aliphatic carbocycles. The number of nitrogen functional groups attached to an aromatic ring is 1. The Kier molecular flexibility index (Phi) is 7.98. The molecule has 1 fully saturated rings. The molecule has 11 heteroatoms. The summed E-state index contributed by atoms with van der Waals surface area (Å²) in [5.74, 6) is 0.0549. The summed E-state index contributed by atoms with van der Waals surface area (Å²) >= 11 is 0. The Balaban J connectivity index is 1.94. The number of benzene rings is 1. The van der Waals surface area contributed by atoms with Gasteiger partial charge in [-0.3, -0.25) is 4.99 Å². The maximum absolute atomic E-state index is 13.0. The van der Waals surface area contributed by atoms with Crippen LogP contribution in [0.3, 0.4) is 0 Å². The van der Waals surface area contributed by atoms with Crippen LogP contribution in [0.2, 0.25) is 0 Å². The molecule has 0 aliphatic heterocycles. The highest BCUT2D eigenvalue weighted by Crippen LogP contribution is 2.30. The van der Waals surface area contributed by atoms with Crippen molar-refractivity contribution in [1.29, 1.82) is 0 Å². The van der Waals surface area contributed by atoms with Crippen LogP contribution in [-0.2, 0) is 10.0 Å². The number of aromatic nitrogens is 1. The average molecular weight is 496 g/mol. The van der Waals surface area contributed by atoms with Crippen molar-refractivity contribution in [3.8, 4) is 11.1 Å². The summed E-state index contributed by atoms with van der Waals surface area (Å²) in [6, 6.07) is 6.33. The molecule has 184 valence electrons. The normalized spacial score (nSPS) is 16.3. The van der Waals surface area contributed by atoms with Gasteiger partial charge in [0.2, 0.25) is 10.0 Å². The van der Waals surface area contributed by atoms with Crippen LogP contribution in [0.5, 0.6) is 0 Å². The number of pyridine rings is 1. The molecule has 7 nitrogen and oxygen atoms in total. The van der Waals surface area contributed by atoms with Crippen molar-refractivity contribution in [1.82, 2.24) is 9.71 Å². The van der Waals surface area contributed by atoms with Crippen LogP contribution in [0.1, 0.15) is 43.2 Å². The number of rotatable bonds is 7. The minimum absolute atomic E-state index is 0.0549. The van der Waals surface area contributed by atoms with E-state index in [1.54, 1.807) is 24.3 Å². The summed E-state index contributed by atoms with van der Waals surface area (Å²) in [6.07, 6.45) is 3.85. The van der Waals surface area contributed by atoms with Gasteiger partial charge in [-0.05, 0) is 49.1 Å². The number of allylic oxidation sites excluding steroid dienone is 1. The zero-order chi connectivity index (χ0) is 24.9. The summed E-state index contributed by atoms with van der Waals surface area (Å²) in [5, 5.41) is 0. The van der Waals surface area contributed by atoms with Crippen molar-refractivity contribution in [2.45, 2.75) is 56.1 Å². The fraction of sp³-hybridized carbons (Fsp3) is 0.391. The van der Waals surface area contributed by atoms with Crippen molar-refractivity contribution in [3.63, 3.8) is 0 Å². The molecule has 0 spiro atoms. The Morgan fingerprint density at radius 1 is 1.24 bits per heavy atom. The van der Waals surface area contributed by atoms with Crippen LogP contribution in [0.25, 0.3) is 16.7 Å². The van der Waals surface area contributed by atoms with Crippen molar-refractivity contribution in [2.24, 2.45) is 10.7 Å². The Labute approximate surface area is 197 Å². The second-order valence-electron chi connectivity index (χ2n) is 8.30. The molecule has 1 saturated carbocycles. The molecule has 1 aromatic carbocycles. The second kappa shape index (κ2) is 10.6. The van der Waals surface area contributed by atoms with Crippen LogP contribution < -0.4 is 16.2 Å². The summed E-state index contributed by atoms with van der Waals surface area (Å²) in [4.78, 5) is 7.65. The third kappa shape index (κ3) is 6.57. The lowest BCUT2D eigenvalue weighted by molar-refractivity contribution is -0.118. The molecule has 0 saturated heterocycles. The van der Waals surface area contributed by atoms with Crippen molar-refractivity contribution in [2.75, 3.05) is 12.3 Å². The van der Waals surface area contributed by atoms with Crippen molar-refractivity contribution >= 4 is 27.6 Å². The molecule has 1 heterocycles. The lowest BCUT2D eigenvalue weighted by atomic mass is 9.96.